The van der Waals surface area contributed by atoms with Crippen LogP contribution in [0.3, 0.4) is 0 Å². The summed E-state index contributed by atoms with van der Waals surface area (Å²) in [6.45, 7) is 5.97. The minimum absolute atomic E-state index is 0.372. The summed E-state index contributed by atoms with van der Waals surface area (Å²) in [5.41, 5.74) is 1.26. The first kappa shape index (κ1) is 11.6. The van der Waals surface area contributed by atoms with Gasteiger partial charge in [0.2, 0.25) is 0 Å². The van der Waals surface area contributed by atoms with Gasteiger partial charge >= 0.3 is 0 Å². The molecule has 1 aliphatic rings. The number of aromatic nitrogens is 2. The Morgan fingerprint density at radius 3 is 3.31 bits per heavy atom. The smallest absolute Gasteiger partial charge is 0.0771 e. The maximum Gasteiger partial charge on any atom is 0.0771 e. The molecule has 1 aliphatic heterocycles. The lowest BCUT2D eigenvalue weighted by Gasteiger charge is -2.08. The van der Waals surface area contributed by atoms with E-state index in [-0.39, 0.29) is 0 Å². The summed E-state index contributed by atoms with van der Waals surface area (Å²) >= 11 is 0. The second-order valence-electron chi connectivity index (χ2n) is 4.38. The van der Waals surface area contributed by atoms with Gasteiger partial charge in [0, 0.05) is 24.9 Å². The predicted molar refractivity (Wildman–Crippen MR) is 63.2 cm³/mol. The van der Waals surface area contributed by atoms with E-state index in [9.17, 15) is 0 Å². The maximum atomic E-state index is 5.59. The van der Waals surface area contributed by atoms with Crippen molar-refractivity contribution in [1.29, 1.82) is 0 Å². The van der Waals surface area contributed by atoms with Crippen molar-refractivity contribution < 1.29 is 4.74 Å². The molecule has 1 N–H and O–H groups in total. The Morgan fingerprint density at radius 2 is 2.56 bits per heavy atom. The Morgan fingerprint density at radius 1 is 1.62 bits per heavy atom. The lowest BCUT2D eigenvalue weighted by molar-refractivity contribution is 0.0940. The second kappa shape index (κ2) is 6.01. The van der Waals surface area contributed by atoms with Crippen molar-refractivity contribution in [2.75, 3.05) is 13.2 Å². The van der Waals surface area contributed by atoms with Crippen LogP contribution in [0.15, 0.2) is 12.4 Å². The quantitative estimate of drug-likeness (QED) is 0.744. The molecule has 1 aromatic rings. The number of hydrogen-bond acceptors (Lipinski definition) is 3. The molecule has 16 heavy (non-hydrogen) atoms. The van der Waals surface area contributed by atoms with Crippen LogP contribution >= 0.6 is 0 Å². The maximum absolute atomic E-state index is 5.59. The predicted octanol–water partition coefficient (Wildman–Crippen LogP) is 1.56. The van der Waals surface area contributed by atoms with Gasteiger partial charge in [-0.25, -0.2) is 0 Å². The van der Waals surface area contributed by atoms with Gasteiger partial charge in [0.15, 0.2) is 0 Å². The molecule has 0 saturated carbocycles. The standard InChI is InChI=1S/C12H21N3O/c1-2-5-13-7-11-8-14-15(9-11)10-12-4-3-6-16-12/h8-9,12-13H,2-7,10H2,1H3. The van der Waals surface area contributed by atoms with Crippen LogP contribution in [0.2, 0.25) is 0 Å². The highest BCUT2D eigenvalue weighted by Gasteiger charge is 2.16. The summed E-state index contributed by atoms with van der Waals surface area (Å²) in [7, 11) is 0. The Balaban J connectivity index is 1.77. The van der Waals surface area contributed by atoms with Gasteiger partial charge in [-0.05, 0) is 25.8 Å². The van der Waals surface area contributed by atoms with Gasteiger partial charge in [0.25, 0.3) is 0 Å². The largest absolute Gasteiger partial charge is 0.376 e. The summed E-state index contributed by atoms with van der Waals surface area (Å²) in [5, 5.41) is 7.73. The Bertz CT molecular complexity index is 305. The van der Waals surface area contributed by atoms with Crippen molar-refractivity contribution in [3.05, 3.63) is 18.0 Å². The third-order valence-electron chi connectivity index (χ3n) is 2.86. The molecule has 1 fully saturated rings. The molecule has 4 nitrogen and oxygen atoms in total. The monoisotopic (exact) mass is 223 g/mol. The Hall–Kier alpha value is -0.870. The first-order chi connectivity index (χ1) is 7.88. The lowest BCUT2D eigenvalue weighted by atomic mass is 10.2. The van der Waals surface area contributed by atoms with Gasteiger partial charge in [-0.15, -0.1) is 0 Å². The summed E-state index contributed by atoms with van der Waals surface area (Å²) < 4.78 is 7.59. The highest BCUT2D eigenvalue weighted by Crippen LogP contribution is 2.13. The molecule has 2 rings (SSSR count). The summed E-state index contributed by atoms with van der Waals surface area (Å²) in [6, 6.07) is 0. The summed E-state index contributed by atoms with van der Waals surface area (Å²) in [5.74, 6) is 0. The topological polar surface area (TPSA) is 39.1 Å². The van der Waals surface area contributed by atoms with Crippen LogP contribution < -0.4 is 5.32 Å². The van der Waals surface area contributed by atoms with Crippen LogP contribution in [0.25, 0.3) is 0 Å². The number of ether oxygens (including phenoxy) is 1. The molecule has 0 aromatic carbocycles. The van der Waals surface area contributed by atoms with Crippen molar-refractivity contribution in [1.82, 2.24) is 15.1 Å². The zero-order valence-corrected chi connectivity index (χ0v) is 9.98. The van der Waals surface area contributed by atoms with Gasteiger partial charge in [-0.3, -0.25) is 4.68 Å². The first-order valence-corrected chi connectivity index (χ1v) is 6.22. The van der Waals surface area contributed by atoms with Crippen LogP contribution in [0.1, 0.15) is 31.7 Å². The molecule has 90 valence electrons. The van der Waals surface area contributed by atoms with E-state index in [1.54, 1.807) is 0 Å². The third kappa shape index (κ3) is 3.32. The molecule has 0 aliphatic carbocycles. The second-order valence-corrected chi connectivity index (χ2v) is 4.38. The van der Waals surface area contributed by atoms with Gasteiger partial charge in [0.1, 0.15) is 0 Å². The summed E-state index contributed by atoms with van der Waals surface area (Å²) in [4.78, 5) is 0. The zero-order valence-electron chi connectivity index (χ0n) is 9.98. The van der Waals surface area contributed by atoms with Gasteiger partial charge < -0.3 is 10.1 Å². The SMILES string of the molecule is CCCNCc1cnn(CC2CCCO2)c1. The minimum Gasteiger partial charge on any atom is -0.376 e. The molecular formula is C12H21N3O. The Kier molecular flexibility index (Phi) is 4.36. The molecule has 1 atom stereocenters. The molecule has 0 amide bonds. The highest BCUT2D eigenvalue weighted by atomic mass is 16.5. The van der Waals surface area contributed by atoms with Gasteiger partial charge in [-0.1, -0.05) is 6.92 Å². The molecule has 0 spiro atoms. The van der Waals surface area contributed by atoms with E-state index < -0.39 is 0 Å². The van der Waals surface area contributed by atoms with E-state index in [0.29, 0.717) is 6.10 Å². The fourth-order valence-corrected chi connectivity index (χ4v) is 2.00. The fraction of sp³-hybridized carbons (Fsp3) is 0.750. The molecule has 0 bridgehead atoms. The molecule has 0 radical (unpaired) electrons. The van der Waals surface area contributed by atoms with Crippen LogP contribution in [0.4, 0.5) is 0 Å². The van der Waals surface area contributed by atoms with Crippen LogP contribution in [-0.2, 0) is 17.8 Å². The van der Waals surface area contributed by atoms with Crippen LogP contribution in [-0.4, -0.2) is 29.0 Å². The van der Waals surface area contributed by atoms with E-state index >= 15 is 0 Å². The van der Waals surface area contributed by atoms with Crippen LogP contribution in [0.5, 0.6) is 0 Å². The average molecular weight is 223 g/mol. The molecule has 2 heterocycles. The van der Waals surface area contributed by atoms with E-state index in [4.69, 9.17) is 4.74 Å². The van der Waals surface area contributed by atoms with Crippen molar-refractivity contribution in [3.8, 4) is 0 Å². The highest BCUT2D eigenvalue weighted by molar-refractivity contribution is 5.03. The van der Waals surface area contributed by atoms with E-state index in [2.05, 4.69) is 23.5 Å². The van der Waals surface area contributed by atoms with E-state index in [1.807, 2.05) is 10.9 Å². The molecule has 4 heteroatoms. The zero-order chi connectivity index (χ0) is 11.2. The fourth-order valence-electron chi connectivity index (χ4n) is 2.00. The van der Waals surface area contributed by atoms with Gasteiger partial charge in [-0.2, -0.15) is 5.10 Å². The van der Waals surface area contributed by atoms with Crippen LogP contribution in [0, 0.1) is 0 Å². The first-order valence-electron chi connectivity index (χ1n) is 6.22. The van der Waals surface area contributed by atoms with E-state index in [1.165, 1.54) is 24.8 Å². The van der Waals surface area contributed by atoms with Crippen molar-refractivity contribution in [2.24, 2.45) is 0 Å². The minimum atomic E-state index is 0.372. The van der Waals surface area contributed by atoms with Crippen molar-refractivity contribution >= 4 is 0 Å². The summed E-state index contributed by atoms with van der Waals surface area (Å²) in [6.07, 6.45) is 7.96. The number of nitrogens with one attached hydrogen (secondary N) is 1. The molecule has 1 aromatic heterocycles. The normalized spacial score (nSPS) is 20.4. The average Bonchev–Trinajstić information content (AvgIpc) is 2.91. The lowest BCUT2D eigenvalue weighted by Crippen LogP contribution is -2.15. The van der Waals surface area contributed by atoms with Crippen molar-refractivity contribution in [3.63, 3.8) is 0 Å². The molecule has 1 unspecified atom stereocenters. The number of hydrogen-bond donors (Lipinski definition) is 1. The van der Waals surface area contributed by atoms with Crippen molar-refractivity contribution in [2.45, 2.75) is 45.4 Å². The number of rotatable bonds is 6. The third-order valence-corrected chi connectivity index (χ3v) is 2.86. The Labute approximate surface area is 97.0 Å². The van der Waals surface area contributed by atoms with Gasteiger partial charge in [0.05, 0.1) is 18.8 Å². The molecule has 1 saturated heterocycles. The molecular weight excluding hydrogens is 202 g/mol. The number of nitrogens with zero attached hydrogens (tertiary/aromatic N) is 2. The van der Waals surface area contributed by atoms with E-state index in [0.717, 1.165) is 26.2 Å².